The molecule has 0 aromatic carbocycles. The van der Waals surface area contributed by atoms with Gasteiger partial charge in [0.25, 0.3) is 0 Å². The SMILES string of the molecule is CC(C)Cc1nc(CC2CN(C)CCN2C)sc1CN. The number of hydrogen-bond acceptors (Lipinski definition) is 5. The van der Waals surface area contributed by atoms with E-state index in [0.29, 0.717) is 18.5 Å². The monoisotopic (exact) mass is 296 g/mol. The second-order valence-electron chi connectivity index (χ2n) is 6.38. The van der Waals surface area contributed by atoms with E-state index in [2.05, 4.69) is 37.7 Å². The van der Waals surface area contributed by atoms with Gasteiger partial charge in [0.1, 0.15) is 0 Å². The van der Waals surface area contributed by atoms with Gasteiger partial charge in [0.15, 0.2) is 0 Å². The van der Waals surface area contributed by atoms with Crippen molar-refractivity contribution in [3.8, 4) is 0 Å². The van der Waals surface area contributed by atoms with Gasteiger partial charge in [-0.15, -0.1) is 11.3 Å². The first-order valence-corrected chi connectivity index (χ1v) is 8.37. The Morgan fingerprint density at radius 2 is 2.10 bits per heavy atom. The van der Waals surface area contributed by atoms with Crippen molar-refractivity contribution in [3.05, 3.63) is 15.6 Å². The zero-order chi connectivity index (χ0) is 14.7. The van der Waals surface area contributed by atoms with E-state index >= 15 is 0 Å². The fraction of sp³-hybridized carbons (Fsp3) is 0.800. The lowest BCUT2D eigenvalue weighted by molar-refractivity contribution is 0.114. The Hall–Kier alpha value is -0.490. The van der Waals surface area contributed by atoms with Crippen molar-refractivity contribution in [2.24, 2.45) is 11.7 Å². The summed E-state index contributed by atoms with van der Waals surface area (Å²) in [5, 5.41) is 1.26. The average molecular weight is 296 g/mol. The van der Waals surface area contributed by atoms with E-state index in [4.69, 9.17) is 10.7 Å². The molecule has 1 unspecified atom stereocenters. The first-order valence-electron chi connectivity index (χ1n) is 7.56. The maximum Gasteiger partial charge on any atom is 0.0947 e. The highest BCUT2D eigenvalue weighted by molar-refractivity contribution is 7.11. The molecular weight excluding hydrogens is 268 g/mol. The lowest BCUT2D eigenvalue weighted by Gasteiger charge is -2.37. The zero-order valence-electron chi connectivity index (χ0n) is 13.2. The van der Waals surface area contributed by atoms with Gasteiger partial charge in [-0.05, 0) is 26.4 Å². The summed E-state index contributed by atoms with van der Waals surface area (Å²) in [6, 6.07) is 0.581. The van der Waals surface area contributed by atoms with Gasteiger partial charge in [0, 0.05) is 43.5 Å². The Morgan fingerprint density at radius 1 is 1.35 bits per heavy atom. The van der Waals surface area contributed by atoms with Crippen molar-refractivity contribution < 1.29 is 0 Å². The van der Waals surface area contributed by atoms with E-state index < -0.39 is 0 Å². The Balaban J connectivity index is 2.06. The Morgan fingerprint density at radius 3 is 2.75 bits per heavy atom. The lowest BCUT2D eigenvalue weighted by Crippen LogP contribution is -2.50. The van der Waals surface area contributed by atoms with Crippen molar-refractivity contribution in [2.45, 2.75) is 39.3 Å². The van der Waals surface area contributed by atoms with Gasteiger partial charge in [0.05, 0.1) is 10.7 Å². The molecule has 0 bridgehead atoms. The van der Waals surface area contributed by atoms with Gasteiger partial charge in [-0.1, -0.05) is 13.8 Å². The second-order valence-corrected chi connectivity index (χ2v) is 7.55. The van der Waals surface area contributed by atoms with Crippen LogP contribution in [0.3, 0.4) is 0 Å². The number of nitrogens with two attached hydrogens (primary N) is 1. The minimum atomic E-state index is 0.581. The molecule has 0 saturated carbocycles. The molecule has 1 saturated heterocycles. The van der Waals surface area contributed by atoms with Gasteiger partial charge in [-0.2, -0.15) is 0 Å². The Bertz CT molecular complexity index is 430. The summed E-state index contributed by atoms with van der Waals surface area (Å²) in [5.41, 5.74) is 7.10. The van der Waals surface area contributed by atoms with Crippen LogP contribution in [0.2, 0.25) is 0 Å². The highest BCUT2D eigenvalue weighted by atomic mass is 32.1. The largest absolute Gasteiger partial charge is 0.326 e. The highest BCUT2D eigenvalue weighted by Gasteiger charge is 2.24. The third kappa shape index (κ3) is 4.01. The van der Waals surface area contributed by atoms with E-state index in [0.717, 1.165) is 32.5 Å². The molecule has 4 nitrogen and oxygen atoms in total. The van der Waals surface area contributed by atoms with Crippen LogP contribution in [0, 0.1) is 5.92 Å². The molecule has 0 aliphatic carbocycles. The highest BCUT2D eigenvalue weighted by Crippen LogP contribution is 2.23. The molecule has 114 valence electrons. The molecule has 2 rings (SSSR count). The normalized spacial score (nSPS) is 21.8. The molecule has 0 radical (unpaired) electrons. The van der Waals surface area contributed by atoms with Crippen LogP contribution in [0.5, 0.6) is 0 Å². The van der Waals surface area contributed by atoms with Crippen molar-refractivity contribution in [1.29, 1.82) is 0 Å². The molecule has 1 atom stereocenters. The minimum absolute atomic E-state index is 0.581. The van der Waals surface area contributed by atoms with E-state index in [1.54, 1.807) is 0 Å². The maximum absolute atomic E-state index is 5.87. The number of likely N-dealkylation sites (N-methyl/N-ethyl adjacent to an activating group) is 2. The van der Waals surface area contributed by atoms with Gasteiger partial charge < -0.3 is 15.5 Å². The first-order chi connectivity index (χ1) is 9.49. The predicted octanol–water partition coefficient (Wildman–Crippen LogP) is 1.59. The number of aromatic nitrogens is 1. The minimum Gasteiger partial charge on any atom is -0.326 e. The summed E-state index contributed by atoms with van der Waals surface area (Å²) in [4.78, 5) is 11.0. The molecule has 1 aliphatic heterocycles. The number of thiazole rings is 1. The molecule has 0 amide bonds. The van der Waals surface area contributed by atoms with E-state index in [-0.39, 0.29) is 0 Å². The van der Waals surface area contributed by atoms with Gasteiger partial charge in [0.2, 0.25) is 0 Å². The van der Waals surface area contributed by atoms with Gasteiger partial charge >= 0.3 is 0 Å². The number of nitrogens with zero attached hydrogens (tertiary/aromatic N) is 3. The van der Waals surface area contributed by atoms with E-state index in [1.165, 1.54) is 15.6 Å². The van der Waals surface area contributed by atoms with Crippen molar-refractivity contribution in [3.63, 3.8) is 0 Å². The summed E-state index contributed by atoms with van der Waals surface area (Å²) in [5.74, 6) is 0.638. The van der Waals surface area contributed by atoms with E-state index in [9.17, 15) is 0 Å². The summed E-state index contributed by atoms with van der Waals surface area (Å²) in [6.07, 6.45) is 2.10. The molecular formula is C15H28N4S. The number of rotatable bonds is 5. The van der Waals surface area contributed by atoms with Crippen LogP contribution in [0.1, 0.15) is 29.4 Å². The van der Waals surface area contributed by atoms with Gasteiger partial charge in [-0.25, -0.2) is 4.98 Å². The molecule has 1 aliphatic rings. The maximum atomic E-state index is 5.87. The van der Waals surface area contributed by atoms with Crippen LogP contribution >= 0.6 is 11.3 Å². The number of piperazine rings is 1. The molecule has 1 fully saturated rings. The van der Waals surface area contributed by atoms with Crippen LogP contribution in [0.4, 0.5) is 0 Å². The van der Waals surface area contributed by atoms with Crippen molar-refractivity contribution in [2.75, 3.05) is 33.7 Å². The lowest BCUT2D eigenvalue weighted by atomic mass is 10.1. The third-order valence-electron chi connectivity index (χ3n) is 4.00. The molecule has 1 aromatic rings. The van der Waals surface area contributed by atoms with Crippen LogP contribution in [-0.4, -0.2) is 54.6 Å². The Kier molecular flexibility index (Phi) is 5.55. The standard InChI is InChI=1S/C15H28N4S/c1-11(2)7-13-14(9-16)20-15(17-13)8-12-10-18(3)5-6-19(12)4/h11-12H,5-10,16H2,1-4H3. The van der Waals surface area contributed by atoms with Crippen molar-refractivity contribution >= 4 is 11.3 Å². The van der Waals surface area contributed by atoms with Crippen molar-refractivity contribution in [1.82, 2.24) is 14.8 Å². The Labute approximate surface area is 127 Å². The smallest absolute Gasteiger partial charge is 0.0947 e. The van der Waals surface area contributed by atoms with Crippen LogP contribution in [-0.2, 0) is 19.4 Å². The molecule has 2 N–H and O–H groups in total. The molecule has 20 heavy (non-hydrogen) atoms. The van der Waals surface area contributed by atoms with Gasteiger partial charge in [-0.3, -0.25) is 0 Å². The van der Waals surface area contributed by atoms with Crippen LogP contribution in [0.25, 0.3) is 0 Å². The molecule has 1 aromatic heterocycles. The first kappa shape index (κ1) is 15.9. The number of hydrogen-bond donors (Lipinski definition) is 1. The quantitative estimate of drug-likeness (QED) is 0.896. The predicted molar refractivity (Wildman–Crippen MR) is 86.2 cm³/mol. The summed E-state index contributed by atoms with van der Waals surface area (Å²) < 4.78 is 0. The third-order valence-corrected chi connectivity index (χ3v) is 5.14. The molecule has 2 heterocycles. The van der Waals surface area contributed by atoms with Crippen LogP contribution < -0.4 is 5.73 Å². The fourth-order valence-electron chi connectivity index (χ4n) is 2.75. The van der Waals surface area contributed by atoms with Crippen LogP contribution in [0.15, 0.2) is 0 Å². The molecule has 0 spiro atoms. The fourth-order valence-corrected chi connectivity index (χ4v) is 3.80. The van der Waals surface area contributed by atoms with E-state index in [1.807, 2.05) is 11.3 Å². The summed E-state index contributed by atoms with van der Waals surface area (Å²) in [7, 11) is 4.43. The average Bonchev–Trinajstić information content (AvgIpc) is 2.75. The second kappa shape index (κ2) is 6.98. The molecule has 5 heteroatoms. The topological polar surface area (TPSA) is 45.4 Å². The summed E-state index contributed by atoms with van der Waals surface area (Å²) in [6.45, 7) is 8.55. The zero-order valence-corrected chi connectivity index (χ0v) is 14.0. The summed E-state index contributed by atoms with van der Waals surface area (Å²) >= 11 is 1.82.